The highest BCUT2D eigenvalue weighted by molar-refractivity contribution is 9.10. The minimum atomic E-state index is -1.20. The highest BCUT2D eigenvalue weighted by Crippen LogP contribution is 2.30. The maximum atomic E-state index is 12.9. The largest absolute Gasteiger partial charge is 0.348 e. The highest BCUT2D eigenvalue weighted by atomic mass is 79.9. The number of hydrogen-bond acceptors (Lipinski definition) is 3. The summed E-state index contributed by atoms with van der Waals surface area (Å²) in [6.07, 6.45) is 0. The maximum Gasteiger partial charge on any atom is 0.325 e. The Morgan fingerprint density at radius 3 is 2.56 bits per heavy atom. The Morgan fingerprint density at radius 1 is 1.19 bits per heavy atom. The zero-order chi connectivity index (χ0) is 19.6. The lowest BCUT2D eigenvalue weighted by atomic mass is 9.92. The Bertz CT molecular complexity index is 887. The second-order valence-electron chi connectivity index (χ2n) is 6.66. The first-order chi connectivity index (χ1) is 12.8. The SMILES string of the molecule is C[C@H](NC(=O)CN1C(=O)N[C@](C)(c2cccc(Br)c2)C1=O)c1ccccc1. The van der Waals surface area contributed by atoms with E-state index in [-0.39, 0.29) is 12.6 Å². The van der Waals surface area contributed by atoms with Crippen molar-refractivity contribution in [1.29, 1.82) is 0 Å². The summed E-state index contributed by atoms with van der Waals surface area (Å²) in [5.41, 5.74) is 0.393. The molecular formula is C20H20BrN3O3. The Kier molecular flexibility index (Phi) is 5.32. The second kappa shape index (κ2) is 7.52. The Balaban J connectivity index is 1.71. The van der Waals surface area contributed by atoms with Gasteiger partial charge in [-0.3, -0.25) is 14.5 Å². The smallest absolute Gasteiger partial charge is 0.325 e. The van der Waals surface area contributed by atoms with E-state index in [4.69, 9.17) is 0 Å². The zero-order valence-corrected chi connectivity index (χ0v) is 16.6. The van der Waals surface area contributed by atoms with Crippen LogP contribution in [0.3, 0.4) is 0 Å². The van der Waals surface area contributed by atoms with Crippen LogP contribution in [0.4, 0.5) is 4.79 Å². The molecule has 4 amide bonds. The molecule has 2 aromatic rings. The number of imide groups is 1. The van der Waals surface area contributed by atoms with Crippen molar-refractivity contribution in [2.75, 3.05) is 6.54 Å². The van der Waals surface area contributed by atoms with Crippen molar-refractivity contribution in [2.45, 2.75) is 25.4 Å². The van der Waals surface area contributed by atoms with E-state index in [9.17, 15) is 14.4 Å². The van der Waals surface area contributed by atoms with E-state index in [1.165, 1.54) is 0 Å². The summed E-state index contributed by atoms with van der Waals surface area (Å²) in [4.78, 5) is 38.6. The fraction of sp³-hybridized carbons (Fsp3) is 0.250. The molecule has 0 spiro atoms. The molecule has 1 saturated heterocycles. The van der Waals surface area contributed by atoms with E-state index in [0.717, 1.165) is 14.9 Å². The van der Waals surface area contributed by atoms with Gasteiger partial charge in [-0.2, -0.15) is 0 Å². The predicted molar refractivity (Wildman–Crippen MR) is 105 cm³/mol. The topological polar surface area (TPSA) is 78.5 Å². The zero-order valence-electron chi connectivity index (χ0n) is 15.0. The lowest BCUT2D eigenvalue weighted by Crippen LogP contribution is -2.43. The number of halogens is 1. The van der Waals surface area contributed by atoms with Crippen molar-refractivity contribution in [3.05, 3.63) is 70.2 Å². The van der Waals surface area contributed by atoms with E-state index >= 15 is 0 Å². The molecule has 1 fully saturated rings. The first-order valence-electron chi connectivity index (χ1n) is 8.56. The number of nitrogens with one attached hydrogen (secondary N) is 2. The van der Waals surface area contributed by atoms with E-state index < -0.39 is 23.4 Å². The molecule has 3 rings (SSSR count). The molecule has 0 aliphatic carbocycles. The predicted octanol–water partition coefficient (Wildman–Crippen LogP) is 3.09. The molecule has 0 radical (unpaired) electrons. The lowest BCUT2D eigenvalue weighted by molar-refractivity contribution is -0.135. The van der Waals surface area contributed by atoms with Gasteiger partial charge in [0, 0.05) is 4.47 Å². The minimum Gasteiger partial charge on any atom is -0.348 e. The van der Waals surface area contributed by atoms with Gasteiger partial charge in [-0.1, -0.05) is 58.4 Å². The van der Waals surface area contributed by atoms with Crippen molar-refractivity contribution in [1.82, 2.24) is 15.5 Å². The summed E-state index contributed by atoms with van der Waals surface area (Å²) in [6, 6.07) is 15.9. The number of carbonyl (C=O) groups excluding carboxylic acids is 3. The van der Waals surface area contributed by atoms with Crippen LogP contribution in [-0.2, 0) is 15.1 Å². The summed E-state index contributed by atoms with van der Waals surface area (Å²) < 4.78 is 0.802. The number of amides is 4. The molecule has 27 heavy (non-hydrogen) atoms. The van der Waals surface area contributed by atoms with Gasteiger partial charge in [-0.25, -0.2) is 4.79 Å². The summed E-state index contributed by atoms with van der Waals surface area (Å²) in [5.74, 6) is -0.846. The normalized spacial score (nSPS) is 20.3. The van der Waals surface area contributed by atoms with Crippen LogP contribution >= 0.6 is 15.9 Å². The van der Waals surface area contributed by atoms with Gasteiger partial charge in [-0.15, -0.1) is 0 Å². The second-order valence-corrected chi connectivity index (χ2v) is 7.57. The summed E-state index contributed by atoms with van der Waals surface area (Å²) in [5, 5.41) is 5.52. The van der Waals surface area contributed by atoms with Gasteiger partial charge in [0.15, 0.2) is 0 Å². The number of nitrogens with zero attached hydrogens (tertiary/aromatic N) is 1. The van der Waals surface area contributed by atoms with Gasteiger partial charge in [0.05, 0.1) is 6.04 Å². The van der Waals surface area contributed by atoms with Crippen molar-refractivity contribution in [3.8, 4) is 0 Å². The van der Waals surface area contributed by atoms with Crippen molar-refractivity contribution in [3.63, 3.8) is 0 Å². The van der Waals surface area contributed by atoms with Gasteiger partial charge in [-0.05, 0) is 37.1 Å². The fourth-order valence-electron chi connectivity index (χ4n) is 3.09. The van der Waals surface area contributed by atoms with Crippen LogP contribution in [0, 0.1) is 0 Å². The number of carbonyl (C=O) groups is 3. The molecule has 2 N–H and O–H groups in total. The molecule has 140 valence electrons. The van der Waals surface area contributed by atoms with E-state index in [1.807, 2.05) is 43.3 Å². The van der Waals surface area contributed by atoms with Crippen LogP contribution in [0.2, 0.25) is 0 Å². The minimum absolute atomic E-state index is 0.226. The van der Waals surface area contributed by atoms with Crippen LogP contribution in [0.25, 0.3) is 0 Å². The third-order valence-electron chi connectivity index (χ3n) is 4.66. The third kappa shape index (κ3) is 3.88. The average molecular weight is 430 g/mol. The third-order valence-corrected chi connectivity index (χ3v) is 5.15. The van der Waals surface area contributed by atoms with Gasteiger partial charge in [0.25, 0.3) is 5.91 Å². The number of urea groups is 1. The number of rotatable bonds is 5. The van der Waals surface area contributed by atoms with Crippen molar-refractivity contribution in [2.24, 2.45) is 0 Å². The molecular weight excluding hydrogens is 410 g/mol. The first kappa shape index (κ1) is 19.1. The maximum absolute atomic E-state index is 12.9. The molecule has 6 nitrogen and oxygen atoms in total. The molecule has 2 atom stereocenters. The van der Waals surface area contributed by atoms with Gasteiger partial charge in [0.1, 0.15) is 12.1 Å². The quantitative estimate of drug-likeness (QED) is 0.716. The molecule has 2 aromatic carbocycles. The molecule has 7 heteroatoms. The molecule has 1 heterocycles. The van der Waals surface area contributed by atoms with Crippen molar-refractivity contribution < 1.29 is 14.4 Å². The first-order valence-corrected chi connectivity index (χ1v) is 9.35. The van der Waals surface area contributed by atoms with Gasteiger partial charge >= 0.3 is 6.03 Å². The molecule has 0 bridgehead atoms. The average Bonchev–Trinajstić information content (AvgIpc) is 2.86. The summed E-state index contributed by atoms with van der Waals surface area (Å²) in [7, 11) is 0. The van der Waals surface area contributed by atoms with E-state index in [1.54, 1.807) is 25.1 Å². The number of benzene rings is 2. The molecule has 0 aromatic heterocycles. The molecule has 1 aliphatic heterocycles. The van der Waals surface area contributed by atoms with Crippen LogP contribution in [0.1, 0.15) is 31.0 Å². The van der Waals surface area contributed by atoms with E-state index in [0.29, 0.717) is 5.56 Å². The van der Waals surface area contributed by atoms with Crippen LogP contribution in [0.5, 0.6) is 0 Å². The molecule has 1 aliphatic rings. The van der Waals surface area contributed by atoms with Crippen LogP contribution < -0.4 is 10.6 Å². The molecule has 0 unspecified atom stereocenters. The number of hydrogen-bond donors (Lipinski definition) is 2. The van der Waals surface area contributed by atoms with Gasteiger partial charge < -0.3 is 10.6 Å². The van der Waals surface area contributed by atoms with Crippen LogP contribution in [-0.4, -0.2) is 29.3 Å². The Morgan fingerprint density at radius 2 is 1.89 bits per heavy atom. The summed E-state index contributed by atoms with van der Waals surface area (Å²) in [6.45, 7) is 3.16. The lowest BCUT2D eigenvalue weighted by Gasteiger charge is -2.22. The monoisotopic (exact) mass is 429 g/mol. The standard InChI is InChI=1S/C20H20BrN3O3/c1-13(14-7-4-3-5-8-14)22-17(25)12-24-18(26)20(2,23-19(24)27)15-9-6-10-16(21)11-15/h3-11,13H,12H2,1-2H3,(H,22,25)(H,23,27)/t13-,20+/m0/s1. The molecule has 0 saturated carbocycles. The Hall–Kier alpha value is -2.67. The summed E-state index contributed by atoms with van der Waals surface area (Å²) >= 11 is 3.37. The van der Waals surface area contributed by atoms with Crippen molar-refractivity contribution >= 4 is 33.8 Å². The fourth-order valence-corrected chi connectivity index (χ4v) is 3.49. The van der Waals surface area contributed by atoms with Crippen LogP contribution in [0.15, 0.2) is 59.1 Å². The highest BCUT2D eigenvalue weighted by Gasteiger charge is 2.49. The van der Waals surface area contributed by atoms with Gasteiger partial charge in [0.2, 0.25) is 5.91 Å². The Labute approximate surface area is 166 Å². The van der Waals surface area contributed by atoms with E-state index in [2.05, 4.69) is 26.6 Å².